The highest BCUT2D eigenvalue weighted by molar-refractivity contribution is 6.25. The summed E-state index contributed by atoms with van der Waals surface area (Å²) in [6.45, 7) is 4.74. The van der Waals surface area contributed by atoms with E-state index in [0.717, 1.165) is 79.0 Å². The van der Waals surface area contributed by atoms with Crippen LogP contribution >= 0.6 is 0 Å². The molecule has 6 rings (SSSR count). The molecule has 2 heterocycles. The fourth-order valence-electron chi connectivity index (χ4n) is 7.51. The van der Waals surface area contributed by atoms with Crippen molar-refractivity contribution in [2.45, 2.75) is 83.9 Å². The van der Waals surface area contributed by atoms with E-state index in [0.29, 0.717) is 36.7 Å². The Morgan fingerprint density at radius 2 is 1.41 bits per heavy atom. The van der Waals surface area contributed by atoms with Gasteiger partial charge in [-0.05, 0) is 67.1 Å². The first-order chi connectivity index (χ1) is 27.3. The number of rotatable bonds is 20. The van der Waals surface area contributed by atoms with Gasteiger partial charge in [-0.15, -0.1) is 0 Å². The van der Waals surface area contributed by atoms with Crippen molar-refractivity contribution in [2.75, 3.05) is 32.6 Å². The number of hydrogen-bond donors (Lipinski definition) is 3. The van der Waals surface area contributed by atoms with Crippen molar-refractivity contribution < 1.29 is 33.4 Å². The predicted molar refractivity (Wildman–Crippen MR) is 216 cm³/mol. The van der Waals surface area contributed by atoms with Gasteiger partial charge >= 0.3 is 0 Å². The summed E-state index contributed by atoms with van der Waals surface area (Å²) in [5.74, 6) is 0.150. The number of fused-ring (bicyclic) bond motifs is 1. The fraction of sp³-hybridized carbons (Fsp3) is 0.378. The van der Waals surface area contributed by atoms with Crippen LogP contribution in [0.5, 0.6) is 17.2 Å². The zero-order valence-corrected chi connectivity index (χ0v) is 32.6. The van der Waals surface area contributed by atoms with E-state index >= 15 is 0 Å². The van der Waals surface area contributed by atoms with Crippen molar-refractivity contribution in [2.24, 2.45) is 0 Å². The number of hydrogen-bond acceptors (Lipinski definition) is 9. The number of carbonyl (C=O) groups excluding carboxylic acids is 4. The van der Waals surface area contributed by atoms with Gasteiger partial charge in [0.2, 0.25) is 11.8 Å². The fourth-order valence-corrected chi connectivity index (χ4v) is 7.51. The summed E-state index contributed by atoms with van der Waals surface area (Å²) in [7, 11) is 3.34. The Balaban J connectivity index is 0.874. The highest BCUT2D eigenvalue weighted by atomic mass is 16.5. The van der Waals surface area contributed by atoms with Gasteiger partial charge in [-0.1, -0.05) is 86.7 Å². The number of anilines is 1. The number of carbonyl (C=O) groups is 4. The SMILES string of the molecule is COc1cc(OCc2cccc(-c3ccccc3)c2C)cc(OC)c1CNCCCCCCCCCNc1cccc2c1C(=O)N(C1CCC(=O)NC1=O)C2=O. The van der Waals surface area contributed by atoms with Crippen LogP contribution in [0, 0.1) is 6.92 Å². The van der Waals surface area contributed by atoms with E-state index in [1.54, 1.807) is 32.4 Å². The van der Waals surface area contributed by atoms with Crippen LogP contribution in [0.3, 0.4) is 0 Å². The highest BCUT2D eigenvalue weighted by Gasteiger charge is 2.45. The molecule has 1 unspecified atom stereocenters. The first kappa shape index (κ1) is 40.0. The summed E-state index contributed by atoms with van der Waals surface area (Å²) >= 11 is 0. The molecule has 0 spiro atoms. The summed E-state index contributed by atoms with van der Waals surface area (Å²) in [4.78, 5) is 51.3. The van der Waals surface area contributed by atoms with Gasteiger partial charge in [0.15, 0.2) is 0 Å². The lowest BCUT2D eigenvalue weighted by Crippen LogP contribution is -2.54. The molecule has 2 aliphatic rings. The zero-order chi connectivity index (χ0) is 39.4. The number of nitrogens with one attached hydrogen (secondary N) is 3. The van der Waals surface area contributed by atoms with Crippen molar-refractivity contribution >= 4 is 29.3 Å². The van der Waals surface area contributed by atoms with Gasteiger partial charge in [0.1, 0.15) is 29.9 Å². The van der Waals surface area contributed by atoms with Gasteiger partial charge in [-0.25, -0.2) is 0 Å². The molecule has 1 fully saturated rings. The van der Waals surface area contributed by atoms with Gasteiger partial charge in [0, 0.05) is 37.3 Å². The largest absolute Gasteiger partial charge is 0.496 e. The molecule has 3 N–H and O–H groups in total. The third kappa shape index (κ3) is 9.39. The maximum atomic E-state index is 13.3. The lowest BCUT2D eigenvalue weighted by Gasteiger charge is -2.27. The monoisotopic (exact) mass is 760 g/mol. The molecule has 0 aliphatic carbocycles. The van der Waals surface area contributed by atoms with Crippen LogP contribution in [0.1, 0.15) is 95.2 Å². The van der Waals surface area contributed by atoms with Gasteiger partial charge in [0.25, 0.3) is 11.8 Å². The number of benzene rings is 4. The van der Waals surface area contributed by atoms with E-state index < -0.39 is 29.7 Å². The summed E-state index contributed by atoms with van der Waals surface area (Å²) in [6, 6.07) is 24.7. The number of piperidine rings is 1. The number of unbranched alkanes of at least 4 members (excludes halogenated alkanes) is 6. The van der Waals surface area contributed by atoms with Gasteiger partial charge in [0.05, 0.1) is 30.9 Å². The van der Waals surface area contributed by atoms with E-state index in [9.17, 15) is 19.2 Å². The van der Waals surface area contributed by atoms with Gasteiger partial charge in [-0.2, -0.15) is 0 Å². The van der Waals surface area contributed by atoms with Crippen LogP contribution in [0.2, 0.25) is 0 Å². The molecule has 4 amide bonds. The molecule has 11 heteroatoms. The summed E-state index contributed by atoms with van der Waals surface area (Å²) in [6.07, 6.45) is 7.82. The van der Waals surface area contributed by atoms with Crippen molar-refractivity contribution in [3.8, 4) is 28.4 Å². The Morgan fingerprint density at radius 3 is 2.11 bits per heavy atom. The first-order valence-electron chi connectivity index (χ1n) is 19.6. The molecule has 0 aromatic heterocycles. The summed E-state index contributed by atoms with van der Waals surface area (Å²) < 4.78 is 17.8. The molecule has 0 bridgehead atoms. The van der Waals surface area contributed by atoms with Crippen LogP contribution in [-0.4, -0.2) is 61.9 Å². The highest BCUT2D eigenvalue weighted by Crippen LogP contribution is 2.36. The molecular weight excluding hydrogens is 709 g/mol. The number of imide groups is 2. The second-order valence-corrected chi connectivity index (χ2v) is 14.3. The number of nitrogens with zero attached hydrogens (tertiary/aromatic N) is 1. The standard InChI is InChI=1S/C45H52N4O7/c1-30-32(18-14-19-34(30)31-16-10-9-11-17-31)29-56-33-26-39(54-2)36(40(27-33)55-3)28-46-24-12-7-5-4-6-8-13-25-47-37-21-15-20-35-42(37)45(53)49(44(35)52)38-22-23-41(50)48-43(38)51/h9-11,14-21,26-27,38,46-47H,4-8,12-13,22-25,28-29H2,1-3H3,(H,48,50,51). The molecule has 1 atom stereocenters. The molecule has 11 nitrogen and oxygen atoms in total. The Hall–Kier alpha value is -5.68. The molecule has 294 valence electrons. The van der Waals surface area contributed by atoms with Crippen LogP contribution in [0.15, 0.2) is 78.9 Å². The summed E-state index contributed by atoms with van der Waals surface area (Å²) in [5.41, 5.74) is 6.84. The quantitative estimate of drug-likeness (QED) is 0.0615. The third-order valence-corrected chi connectivity index (χ3v) is 10.6. The smallest absolute Gasteiger partial charge is 0.264 e. The normalized spacial score (nSPS) is 15.1. The van der Waals surface area contributed by atoms with Gasteiger partial charge in [-0.3, -0.25) is 29.4 Å². The number of methoxy groups -OCH3 is 2. The van der Waals surface area contributed by atoms with Crippen molar-refractivity contribution in [3.05, 3.63) is 107 Å². The second-order valence-electron chi connectivity index (χ2n) is 14.3. The number of ether oxygens (including phenoxy) is 3. The second kappa shape index (κ2) is 19.3. The van der Waals surface area contributed by atoms with Crippen LogP contribution < -0.4 is 30.2 Å². The molecule has 56 heavy (non-hydrogen) atoms. The average Bonchev–Trinajstić information content (AvgIpc) is 3.47. The van der Waals surface area contributed by atoms with Crippen LogP contribution in [-0.2, 0) is 22.7 Å². The van der Waals surface area contributed by atoms with Crippen LogP contribution in [0.4, 0.5) is 5.69 Å². The minimum atomic E-state index is -0.973. The van der Waals surface area contributed by atoms with E-state index in [2.05, 4.69) is 65.3 Å². The molecule has 2 aliphatic heterocycles. The van der Waals surface area contributed by atoms with Crippen molar-refractivity contribution in [3.63, 3.8) is 0 Å². The minimum absolute atomic E-state index is 0.0936. The molecule has 0 saturated carbocycles. The molecule has 4 aromatic carbocycles. The lowest BCUT2D eigenvalue weighted by atomic mass is 9.97. The third-order valence-electron chi connectivity index (χ3n) is 10.6. The Labute approximate surface area is 329 Å². The maximum absolute atomic E-state index is 13.3. The Bertz CT molecular complexity index is 2010. The topological polar surface area (TPSA) is 135 Å². The van der Waals surface area contributed by atoms with Crippen LogP contribution in [0.25, 0.3) is 11.1 Å². The zero-order valence-electron chi connectivity index (χ0n) is 32.6. The van der Waals surface area contributed by atoms with E-state index in [4.69, 9.17) is 14.2 Å². The van der Waals surface area contributed by atoms with E-state index in [1.165, 1.54) is 16.7 Å². The Kier molecular flexibility index (Phi) is 13.8. The van der Waals surface area contributed by atoms with Crippen molar-refractivity contribution in [1.29, 1.82) is 0 Å². The van der Waals surface area contributed by atoms with Crippen molar-refractivity contribution in [1.82, 2.24) is 15.5 Å². The summed E-state index contributed by atoms with van der Waals surface area (Å²) in [5, 5.41) is 9.12. The lowest BCUT2D eigenvalue weighted by molar-refractivity contribution is -0.136. The Morgan fingerprint density at radius 1 is 0.750 bits per heavy atom. The molecular formula is C45H52N4O7. The van der Waals surface area contributed by atoms with E-state index in [-0.39, 0.29) is 18.4 Å². The number of amides is 4. The predicted octanol–water partition coefficient (Wildman–Crippen LogP) is 7.59. The minimum Gasteiger partial charge on any atom is -0.496 e. The molecule has 1 saturated heterocycles. The molecule has 4 aromatic rings. The van der Waals surface area contributed by atoms with E-state index in [1.807, 2.05) is 18.2 Å². The average molecular weight is 761 g/mol. The first-order valence-corrected chi connectivity index (χ1v) is 19.6. The molecule has 0 radical (unpaired) electrons. The maximum Gasteiger partial charge on any atom is 0.264 e. The van der Waals surface area contributed by atoms with Gasteiger partial charge < -0.3 is 24.8 Å².